The number of benzene rings is 2. The lowest BCUT2D eigenvalue weighted by molar-refractivity contribution is -0.114. The molecule has 0 spiro atoms. The van der Waals surface area contributed by atoms with E-state index in [0.717, 1.165) is 5.56 Å². The van der Waals surface area contributed by atoms with E-state index in [2.05, 4.69) is 5.32 Å². The molecule has 0 saturated heterocycles. The Morgan fingerprint density at radius 3 is 2.26 bits per heavy atom. The second-order valence-electron chi connectivity index (χ2n) is 4.35. The summed E-state index contributed by atoms with van der Waals surface area (Å²) in [6.07, 6.45) is 0. The fraction of sp³-hybridized carbons (Fsp3) is 0.125. The molecule has 2 aromatic rings. The zero-order valence-corrected chi connectivity index (χ0v) is 10.9. The van der Waals surface area contributed by atoms with Crippen LogP contribution in [0.4, 0.5) is 5.69 Å². The molecule has 2 aromatic carbocycles. The molecule has 0 aliphatic rings. The molecule has 0 atom stereocenters. The third-order valence-corrected chi connectivity index (χ3v) is 2.93. The zero-order valence-electron chi connectivity index (χ0n) is 10.9. The molecule has 1 N–H and O–H groups in total. The number of carbonyl (C=O) groups is 2. The molecular formula is C16H15NO2. The topological polar surface area (TPSA) is 46.2 Å². The Labute approximate surface area is 112 Å². The van der Waals surface area contributed by atoms with Crippen LogP contribution < -0.4 is 5.32 Å². The number of nitrogens with one attached hydrogen (secondary N) is 1. The minimum atomic E-state index is -0.146. The lowest BCUT2D eigenvalue weighted by Gasteiger charge is -2.10. The quantitative estimate of drug-likeness (QED) is 0.854. The van der Waals surface area contributed by atoms with Crippen molar-refractivity contribution in [1.29, 1.82) is 0 Å². The van der Waals surface area contributed by atoms with E-state index >= 15 is 0 Å². The molecule has 0 fully saturated rings. The largest absolute Gasteiger partial charge is 0.326 e. The van der Waals surface area contributed by atoms with Gasteiger partial charge in [-0.05, 0) is 18.6 Å². The third kappa shape index (κ3) is 2.88. The van der Waals surface area contributed by atoms with Crippen molar-refractivity contribution in [3.63, 3.8) is 0 Å². The van der Waals surface area contributed by atoms with Crippen LogP contribution in [0, 0.1) is 6.92 Å². The van der Waals surface area contributed by atoms with Crippen molar-refractivity contribution in [3.05, 3.63) is 65.2 Å². The molecule has 2 rings (SSSR count). The number of ketones is 1. The van der Waals surface area contributed by atoms with Crippen LogP contribution in [0.15, 0.2) is 48.5 Å². The molecule has 0 heterocycles. The Morgan fingerprint density at radius 1 is 0.947 bits per heavy atom. The van der Waals surface area contributed by atoms with E-state index in [4.69, 9.17) is 0 Å². The summed E-state index contributed by atoms with van der Waals surface area (Å²) < 4.78 is 0. The van der Waals surface area contributed by atoms with E-state index in [0.29, 0.717) is 16.8 Å². The number of hydrogen-bond donors (Lipinski definition) is 1. The smallest absolute Gasteiger partial charge is 0.221 e. The highest BCUT2D eigenvalue weighted by Gasteiger charge is 2.13. The summed E-state index contributed by atoms with van der Waals surface area (Å²) in [7, 11) is 0. The highest BCUT2D eigenvalue weighted by atomic mass is 16.1. The Bertz CT molecular complexity index is 618. The molecule has 0 saturated carbocycles. The van der Waals surface area contributed by atoms with Crippen LogP contribution in [-0.4, -0.2) is 11.7 Å². The van der Waals surface area contributed by atoms with Crippen LogP contribution in [-0.2, 0) is 4.79 Å². The first kappa shape index (κ1) is 13.0. The molecule has 0 aliphatic carbocycles. The van der Waals surface area contributed by atoms with Gasteiger partial charge in [0.2, 0.25) is 5.91 Å². The Hall–Kier alpha value is -2.42. The van der Waals surface area contributed by atoms with Gasteiger partial charge in [-0.2, -0.15) is 0 Å². The maximum atomic E-state index is 12.4. The van der Waals surface area contributed by atoms with Gasteiger partial charge in [0.1, 0.15) is 0 Å². The van der Waals surface area contributed by atoms with Crippen LogP contribution in [0.1, 0.15) is 28.4 Å². The second-order valence-corrected chi connectivity index (χ2v) is 4.35. The fourth-order valence-electron chi connectivity index (χ4n) is 1.95. The van der Waals surface area contributed by atoms with Gasteiger partial charge in [0, 0.05) is 23.7 Å². The van der Waals surface area contributed by atoms with Crippen LogP contribution in [0.3, 0.4) is 0 Å². The molecule has 19 heavy (non-hydrogen) atoms. The zero-order chi connectivity index (χ0) is 13.8. The van der Waals surface area contributed by atoms with Crippen LogP contribution in [0.5, 0.6) is 0 Å². The van der Waals surface area contributed by atoms with Gasteiger partial charge in [0.05, 0.1) is 0 Å². The average molecular weight is 253 g/mol. The summed E-state index contributed by atoms with van der Waals surface area (Å²) in [5.41, 5.74) is 2.71. The van der Waals surface area contributed by atoms with Crippen LogP contribution >= 0.6 is 0 Å². The van der Waals surface area contributed by atoms with Gasteiger partial charge < -0.3 is 5.32 Å². The molecule has 0 aromatic heterocycles. The Kier molecular flexibility index (Phi) is 3.76. The van der Waals surface area contributed by atoms with Crippen molar-refractivity contribution in [1.82, 2.24) is 0 Å². The summed E-state index contributed by atoms with van der Waals surface area (Å²) in [5.74, 6) is -0.183. The highest BCUT2D eigenvalue weighted by Crippen LogP contribution is 2.21. The molecule has 3 heteroatoms. The van der Waals surface area contributed by atoms with Crippen molar-refractivity contribution < 1.29 is 9.59 Å². The van der Waals surface area contributed by atoms with E-state index in [9.17, 15) is 9.59 Å². The molecule has 0 radical (unpaired) electrons. The second kappa shape index (κ2) is 5.48. The summed E-state index contributed by atoms with van der Waals surface area (Å²) in [6.45, 7) is 3.28. The third-order valence-electron chi connectivity index (χ3n) is 2.93. The van der Waals surface area contributed by atoms with Crippen molar-refractivity contribution >= 4 is 17.4 Å². The first-order chi connectivity index (χ1) is 9.09. The number of carbonyl (C=O) groups excluding carboxylic acids is 2. The minimum Gasteiger partial charge on any atom is -0.326 e. The minimum absolute atomic E-state index is 0.0368. The van der Waals surface area contributed by atoms with Gasteiger partial charge in [0.25, 0.3) is 0 Å². The van der Waals surface area contributed by atoms with Crippen molar-refractivity contribution in [3.8, 4) is 0 Å². The van der Waals surface area contributed by atoms with Gasteiger partial charge >= 0.3 is 0 Å². The number of rotatable bonds is 3. The number of anilines is 1. The van der Waals surface area contributed by atoms with Gasteiger partial charge in [0.15, 0.2) is 5.78 Å². The lowest BCUT2D eigenvalue weighted by atomic mass is 9.98. The predicted octanol–water partition coefficient (Wildman–Crippen LogP) is 3.18. The average Bonchev–Trinajstić information content (AvgIpc) is 2.41. The summed E-state index contributed by atoms with van der Waals surface area (Å²) in [6, 6.07) is 14.4. The summed E-state index contributed by atoms with van der Waals surface area (Å²) in [4.78, 5) is 23.5. The summed E-state index contributed by atoms with van der Waals surface area (Å²) in [5, 5.41) is 2.73. The standard InChI is InChI=1S/C16H15NO2/c1-11-14(9-6-10-15(11)17-12(2)18)16(19)13-7-4-3-5-8-13/h3-10H,1-2H3,(H,17,18). The van der Waals surface area contributed by atoms with E-state index in [1.54, 1.807) is 30.3 Å². The normalized spacial score (nSPS) is 10.0. The molecular weight excluding hydrogens is 238 g/mol. The van der Waals surface area contributed by atoms with Gasteiger partial charge in [-0.1, -0.05) is 42.5 Å². The molecule has 96 valence electrons. The molecule has 1 amide bonds. The Balaban J connectivity index is 2.41. The maximum absolute atomic E-state index is 12.4. The SMILES string of the molecule is CC(=O)Nc1cccc(C(=O)c2ccccc2)c1C. The first-order valence-electron chi connectivity index (χ1n) is 6.06. The van der Waals surface area contributed by atoms with Crippen LogP contribution in [0.25, 0.3) is 0 Å². The highest BCUT2D eigenvalue weighted by molar-refractivity contribution is 6.10. The molecule has 3 nitrogen and oxygen atoms in total. The first-order valence-corrected chi connectivity index (χ1v) is 6.06. The van der Waals surface area contributed by atoms with E-state index in [1.165, 1.54) is 6.92 Å². The van der Waals surface area contributed by atoms with E-state index in [1.807, 2.05) is 25.1 Å². The molecule has 0 bridgehead atoms. The molecule has 0 unspecified atom stereocenters. The van der Waals surface area contributed by atoms with Crippen molar-refractivity contribution in [2.24, 2.45) is 0 Å². The maximum Gasteiger partial charge on any atom is 0.221 e. The monoisotopic (exact) mass is 253 g/mol. The van der Waals surface area contributed by atoms with Gasteiger partial charge in [-0.3, -0.25) is 9.59 Å². The Morgan fingerprint density at radius 2 is 1.63 bits per heavy atom. The molecule has 0 aliphatic heterocycles. The van der Waals surface area contributed by atoms with Gasteiger partial charge in [-0.25, -0.2) is 0 Å². The van der Waals surface area contributed by atoms with Crippen LogP contribution in [0.2, 0.25) is 0 Å². The summed E-state index contributed by atoms with van der Waals surface area (Å²) >= 11 is 0. The van der Waals surface area contributed by atoms with Gasteiger partial charge in [-0.15, -0.1) is 0 Å². The fourth-order valence-corrected chi connectivity index (χ4v) is 1.95. The van der Waals surface area contributed by atoms with Crippen molar-refractivity contribution in [2.45, 2.75) is 13.8 Å². The number of amides is 1. The van der Waals surface area contributed by atoms with E-state index in [-0.39, 0.29) is 11.7 Å². The predicted molar refractivity (Wildman–Crippen MR) is 75.4 cm³/mol. The lowest BCUT2D eigenvalue weighted by Crippen LogP contribution is -2.10. The van der Waals surface area contributed by atoms with Crippen molar-refractivity contribution in [2.75, 3.05) is 5.32 Å². The number of hydrogen-bond acceptors (Lipinski definition) is 2. The van der Waals surface area contributed by atoms with E-state index < -0.39 is 0 Å².